The topological polar surface area (TPSA) is 78.9 Å². The van der Waals surface area contributed by atoms with Crippen molar-refractivity contribution in [3.8, 4) is 0 Å². The number of hydrogen-bond acceptors (Lipinski definition) is 6. The van der Waals surface area contributed by atoms with Crippen molar-refractivity contribution in [3.63, 3.8) is 0 Å². The summed E-state index contributed by atoms with van der Waals surface area (Å²) in [7, 11) is 0. The van der Waals surface area contributed by atoms with Gasteiger partial charge in [-0.25, -0.2) is 0 Å². The van der Waals surface area contributed by atoms with Gasteiger partial charge in [0.25, 0.3) is 0 Å². The summed E-state index contributed by atoms with van der Waals surface area (Å²) in [6, 6.07) is 0. The molecule has 1 atom stereocenters. The van der Waals surface area contributed by atoms with Crippen LogP contribution in [0.4, 0.5) is 0 Å². The molecule has 0 rings (SSSR count). The van der Waals surface area contributed by atoms with Crippen molar-refractivity contribution in [1.29, 1.82) is 0 Å². The monoisotopic (exact) mass is 1130 g/mol. The average Bonchev–Trinajstić information content (AvgIpc) is 3.47. The van der Waals surface area contributed by atoms with E-state index in [9.17, 15) is 14.4 Å². The quantitative estimate of drug-likeness (QED) is 0.0261. The highest BCUT2D eigenvalue weighted by Gasteiger charge is 2.19. The van der Waals surface area contributed by atoms with E-state index in [4.69, 9.17) is 14.2 Å². The molecule has 0 spiro atoms. The number of esters is 3. The fourth-order valence-electron chi connectivity index (χ4n) is 10.1. The number of hydrogen-bond donors (Lipinski definition) is 0. The summed E-state index contributed by atoms with van der Waals surface area (Å²) in [5, 5.41) is 0. The van der Waals surface area contributed by atoms with Gasteiger partial charge in [0.05, 0.1) is 0 Å². The Hall–Kier alpha value is -3.41. The Balaban J connectivity index is 4.22. The Morgan fingerprint density at radius 3 is 0.778 bits per heavy atom. The van der Waals surface area contributed by atoms with E-state index >= 15 is 0 Å². The van der Waals surface area contributed by atoms with Gasteiger partial charge in [0.1, 0.15) is 13.2 Å². The molecule has 0 aliphatic heterocycles. The van der Waals surface area contributed by atoms with Crippen molar-refractivity contribution >= 4 is 17.9 Å². The largest absolute Gasteiger partial charge is 0.462 e. The molecule has 0 saturated carbocycles. The van der Waals surface area contributed by atoms with Crippen molar-refractivity contribution < 1.29 is 28.6 Å². The minimum atomic E-state index is -0.788. The van der Waals surface area contributed by atoms with E-state index in [0.717, 1.165) is 109 Å². The second-order valence-corrected chi connectivity index (χ2v) is 23.4. The molecule has 0 amide bonds. The zero-order chi connectivity index (χ0) is 58.5. The van der Waals surface area contributed by atoms with Crippen LogP contribution in [0.25, 0.3) is 0 Å². The van der Waals surface area contributed by atoms with Crippen LogP contribution in [0.1, 0.15) is 355 Å². The van der Waals surface area contributed by atoms with E-state index < -0.39 is 6.10 Å². The van der Waals surface area contributed by atoms with Crippen LogP contribution in [0.15, 0.2) is 85.1 Å². The van der Waals surface area contributed by atoms with Crippen molar-refractivity contribution in [3.05, 3.63) is 85.1 Å². The fourth-order valence-corrected chi connectivity index (χ4v) is 10.1. The highest BCUT2D eigenvalue weighted by atomic mass is 16.6. The predicted octanol–water partition coefficient (Wildman–Crippen LogP) is 24.2. The lowest BCUT2D eigenvalue weighted by molar-refractivity contribution is -0.167. The molecule has 0 radical (unpaired) electrons. The van der Waals surface area contributed by atoms with Gasteiger partial charge < -0.3 is 14.2 Å². The smallest absolute Gasteiger partial charge is 0.306 e. The normalized spacial score (nSPS) is 12.6. The molecule has 0 fully saturated rings. The third-order valence-corrected chi connectivity index (χ3v) is 15.4. The molecule has 6 nitrogen and oxygen atoms in total. The van der Waals surface area contributed by atoms with Crippen LogP contribution < -0.4 is 0 Å². The lowest BCUT2D eigenvalue weighted by atomic mass is 10.0. The van der Waals surface area contributed by atoms with E-state index in [1.807, 2.05) is 0 Å². The van der Waals surface area contributed by atoms with Crippen LogP contribution in [0.3, 0.4) is 0 Å². The molecule has 81 heavy (non-hydrogen) atoms. The maximum absolute atomic E-state index is 12.9. The summed E-state index contributed by atoms with van der Waals surface area (Å²) in [4.78, 5) is 38.4. The standard InChI is InChI=1S/C75H132O6/c1-4-7-10-13-16-19-22-25-28-30-31-32-33-34-35-36-37-38-39-40-41-42-43-45-47-50-53-56-59-62-65-68-74(77)80-71-72(70-79-73(76)67-64-61-58-55-52-49-46-27-24-21-18-15-12-9-6-3)81-75(78)69-66-63-60-57-54-51-48-44-29-26-23-20-17-14-11-8-5-2/h8,11,17-18,20-22,25-27,29-31,46,72H,4-7,9-10,12-16,19,23-24,28,32-45,47-71H2,1-3H3/b11-8-,20-17-,21-18-,25-22-,29-26-,31-30-,46-27-. The highest BCUT2D eigenvalue weighted by Crippen LogP contribution is 2.17. The first-order valence-electron chi connectivity index (χ1n) is 35.1. The number of carbonyl (C=O) groups excluding carboxylic acids is 3. The van der Waals surface area contributed by atoms with Crippen LogP contribution in [0.5, 0.6) is 0 Å². The maximum Gasteiger partial charge on any atom is 0.306 e. The van der Waals surface area contributed by atoms with Gasteiger partial charge in [-0.2, -0.15) is 0 Å². The molecule has 0 bridgehead atoms. The molecule has 0 saturated heterocycles. The number of allylic oxidation sites excluding steroid dienone is 14. The Labute approximate surface area is 503 Å². The Morgan fingerprint density at radius 2 is 0.481 bits per heavy atom. The minimum Gasteiger partial charge on any atom is -0.462 e. The van der Waals surface area contributed by atoms with Gasteiger partial charge in [0, 0.05) is 19.3 Å². The number of rotatable bonds is 64. The van der Waals surface area contributed by atoms with Crippen molar-refractivity contribution in [2.24, 2.45) is 0 Å². The molecular formula is C75H132O6. The first kappa shape index (κ1) is 77.6. The van der Waals surface area contributed by atoms with Crippen LogP contribution in [0.2, 0.25) is 0 Å². The molecule has 468 valence electrons. The van der Waals surface area contributed by atoms with Gasteiger partial charge in [-0.15, -0.1) is 0 Å². The summed E-state index contributed by atoms with van der Waals surface area (Å²) < 4.78 is 17.0. The third-order valence-electron chi connectivity index (χ3n) is 15.4. The van der Waals surface area contributed by atoms with E-state index in [0.29, 0.717) is 19.3 Å². The van der Waals surface area contributed by atoms with Crippen molar-refractivity contribution in [2.75, 3.05) is 13.2 Å². The van der Waals surface area contributed by atoms with E-state index in [1.54, 1.807) is 0 Å². The van der Waals surface area contributed by atoms with Crippen LogP contribution >= 0.6 is 0 Å². The fraction of sp³-hybridized carbons (Fsp3) is 0.773. The molecule has 0 heterocycles. The highest BCUT2D eigenvalue weighted by molar-refractivity contribution is 5.71. The Morgan fingerprint density at radius 1 is 0.259 bits per heavy atom. The Kier molecular flexibility index (Phi) is 66.2. The summed E-state index contributed by atoms with van der Waals surface area (Å²) >= 11 is 0. The van der Waals surface area contributed by atoms with Crippen molar-refractivity contribution in [2.45, 2.75) is 361 Å². The number of ether oxygens (including phenoxy) is 3. The van der Waals surface area contributed by atoms with Gasteiger partial charge in [0.15, 0.2) is 6.10 Å². The third kappa shape index (κ3) is 67.3. The minimum absolute atomic E-state index is 0.0824. The molecule has 1 unspecified atom stereocenters. The first-order chi connectivity index (χ1) is 40.0. The average molecular weight is 1130 g/mol. The molecule has 0 aromatic heterocycles. The molecule has 0 aliphatic rings. The lowest BCUT2D eigenvalue weighted by Gasteiger charge is -2.18. The summed E-state index contributed by atoms with van der Waals surface area (Å²) in [6.45, 7) is 6.51. The van der Waals surface area contributed by atoms with E-state index in [2.05, 4.69) is 106 Å². The number of unbranched alkanes of at least 4 members (excludes halogenated alkanes) is 39. The molecule has 6 heteroatoms. The zero-order valence-electron chi connectivity index (χ0n) is 53.8. The predicted molar refractivity (Wildman–Crippen MR) is 353 cm³/mol. The zero-order valence-corrected chi connectivity index (χ0v) is 53.8. The van der Waals surface area contributed by atoms with Crippen LogP contribution in [-0.2, 0) is 28.6 Å². The lowest BCUT2D eigenvalue weighted by Crippen LogP contribution is -2.30. The van der Waals surface area contributed by atoms with Gasteiger partial charge in [-0.1, -0.05) is 305 Å². The van der Waals surface area contributed by atoms with Gasteiger partial charge in [0.2, 0.25) is 0 Å². The summed E-state index contributed by atoms with van der Waals surface area (Å²) in [5.41, 5.74) is 0. The molecule has 0 aromatic rings. The summed E-state index contributed by atoms with van der Waals surface area (Å²) in [5.74, 6) is -0.890. The van der Waals surface area contributed by atoms with Crippen molar-refractivity contribution in [1.82, 2.24) is 0 Å². The van der Waals surface area contributed by atoms with Crippen LogP contribution in [0, 0.1) is 0 Å². The molecule has 0 N–H and O–H groups in total. The second kappa shape index (κ2) is 69.1. The Bertz CT molecular complexity index is 1530. The van der Waals surface area contributed by atoms with Gasteiger partial charge in [-0.05, 0) is 116 Å². The van der Waals surface area contributed by atoms with E-state index in [1.165, 1.54) is 205 Å². The summed E-state index contributed by atoms with van der Waals surface area (Å²) in [6.07, 6.45) is 91.9. The molecule has 0 aromatic carbocycles. The van der Waals surface area contributed by atoms with E-state index in [-0.39, 0.29) is 31.1 Å². The molecule has 0 aliphatic carbocycles. The second-order valence-electron chi connectivity index (χ2n) is 23.4. The first-order valence-corrected chi connectivity index (χ1v) is 35.1. The van der Waals surface area contributed by atoms with Gasteiger partial charge >= 0.3 is 17.9 Å². The molecular weight excluding hydrogens is 997 g/mol. The van der Waals surface area contributed by atoms with Gasteiger partial charge in [-0.3, -0.25) is 14.4 Å². The van der Waals surface area contributed by atoms with Crippen LogP contribution in [-0.4, -0.2) is 37.2 Å². The SMILES string of the molecule is CC/C=C\C/C=C\C/C=C\CCCCCCCCCC(=O)OC(COC(=O)CCCCCCC/C=C\C/C=C\CCCCC)COC(=O)CCCCCCCCCCCCCCCCCCCCC/C=C\C/C=C\CCCCCCC. The number of carbonyl (C=O) groups is 3. The maximum atomic E-state index is 12.9.